The molecule has 172 valence electrons. The second kappa shape index (κ2) is 7.99. The first kappa shape index (κ1) is 20.9. The fourth-order valence-corrected chi connectivity index (χ4v) is 4.82. The van der Waals surface area contributed by atoms with Gasteiger partial charge in [-0.1, -0.05) is 48.5 Å². The van der Waals surface area contributed by atoms with Gasteiger partial charge < -0.3 is 14.8 Å². The second-order valence-electron chi connectivity index (χ2n) is 8.30. The third kappa shape index (κ3) is 3.09. The van der Waals surface area contributed by atoms with Crippen LogP contribution in [0, 0.1) is 0 Å². The van der Waals surface area contributed by atoms with E-state index in [-0.39, 0.29) is 17.2 Å². The first-order valence-corrected chi connectivity index (χ1v) is 11.2. The smallest absolute Gasteiger partial charge is 0.270 e. The van der Waals surface area contributed by atoms with Crippen molar-refractivity contribution in [1.29, 1.82) is 0 Å². The van der Waals surface area contributed by atoms with E-state index in [9.17, 15) is 9.59 Å². The summed E-state index contributed by atoms with van der Waals surface area (Å²) in [5.41, 5.74) is 3.02. The summed E-state index contributed by atoms with van der Waals surface area (Å²) in [5.74, 6) is 0.502. The standard InChI is InChI=1S/C28H21N3O4/c1-34-22-13-12-18-23(26(22)35-2)28(33)31-21-11-7-6-10-17(21)19-14-20(30-24(18)25(19)31)27(32)29-15-16-8-4-3-5-9-16/h3-14H,15H2,1-2H3,(H,29,32). The second-order valence-corrected chi connectivity index (χ2v) is 8.30. The van der Waals surface area contributed by atoms with Crippen LogP contribution < -0.4 is 20.3 Å². The van der Waals surface area contributed by atoms with Gasteiger partial charge in [-0.2, -0.15) is 0 Å². The van der Waals surface area contributed by atoms with Crippen LogP contribution in [-0.2, 0) is 6.54 Å². The van der Waals surface area contributed by atoms with Crippen molar-refractivity contribution in [2.45, 2.75) is 6.54 Å². The molecule has 0 aliphatic heterocycles. The number of fused-ring (bicyclic) bond motifs is 5. The van der Waals surface area contributed by atoms with Crippen molar-refractivity contribution in [1.82, 2.24) is 14.7 Å². The molecule has 0 saturated heterocycles. The normalized spacial score (nSPS) is 11.5. The van der Waals surface area contributed by atoms with Crippen LogP contribution >= 0.6 is 0 Å². The third-order valence-electron chi connectivity index (χ3n) is 6.40. The molecule has 0 saturated carbocycles. The van der Waals surface area contributed by atoms with E-state index in [1.807, 2.05) is 54.6 Å². The molecular weight excluding hydrogens is 442 g/mol. The number of nitrogens with zero attached hydrogens (tertiary/aromatic N) is 2. The van der Waals surface area contributed by atoms with Gasteiger partial charge in [-0.25, -0.2) is 4.98 Å². The van der Waals surface area contributed by atoms with Crippen LogP contribution in [0.5, 0.6) is 11.5 Å². The predicted octanol–water partition coefficient (Wildman–Crippen LogP) is 4.54. The van der Waals surface area contributed by atoms with Gasteiger partial charge >= 0.3 is 0 Å². The molecule has 3 heterocycles. The number of nitrogens with one attached hydrogen (secondary N) is 1. The van der Waals surface area contributed by atoms with Crippen molar-refractivity contribution < 1.29 is 14.3 Å². The van der Waals surface area contributed by atoms with Gasteiger partial charge in [0.05, 0.1) is 36.2 Å². The fraction of sp³-hybridized carbons (Fsp3) is 0.107. The van der Waals surface area contributed by atoms with E-state index in [0.717, 1.165) is 21.9 Å². The van der Waals surface area contributed by atoms with Gasteiger partial charge in [-0.05, 0) is 29.8 Å². The van der Waals surface area contributed by atoms with Crippen LogP contribution in [0.3, 0.4) is 0 Å². The molecule has 3 aromatic carbocycles. The molecule has 1 N–H and O–H groups in total. The Morgan fingerprint density at radius 2 is 1.69 bits per heavy atom. The van der Waals surface area contributed by atoms with Crippen molar-refractivity contribution in [2.75, 3.05) is 14.2 Å². The molecule has 0 atom stereocenters. The van der Waals surface area contributed by atoms with Crippen LogP contribution in [-0.4, -0.2) is 29.5 Å². The lowest BCUT2D eigenvalue weighted by Crippen LogP contribution is -2.24. The van der Waals surface area contributed by atoms with E-state index in [1.165, 1.54) is 14.2 Å². The van der Waals surface area contributed by atoms with E-state index in [2.05, 4.69) is 5.32 Å². The molecule has 7 nitrogen and oxygen atoms in total. The van der Waals surface area contributed by atoms with Gasteiger partial charge in [-0.3, -0.25) is 14.0 Å². The predicted molar refractivity (Wildman–Crippen MR) is 136 cm³/mol. The minimum atomic E-state index is -0.289. The number of aromatic nitrogens is 2. The minimum Gasteiger partial charge on any atom is -0.493 e. The van der Waals surface area contributed by atoms with E-state index < -0.39 is 0 Å². The first-order valence-electron chi connectivity index (χ1n) is 11.2. The number of amides is 1. The Morgan fingerprint density at radius 3 is 2.46 bits per heavy atom. The molecule has 7 heteroatoms. The Kier molecular flexibility index (Phi) is 4.77. The van der Waals surface area contributed by atoms with Gasteiger partial charge in [0.25, 0.3) is 11.5 Å². The number of hydrogen-bond acceptors (Lipinski definition) is 5. The van der Waals surface area contributed by atoms with Gasteiger partial charge in [0.2, 0.25) is 0 Å². The number of methoxy groups -OCH3 is 2. The molecule has 0 unspecified atom stereocenters. The molecular formula is C28H21N3O4. The van der Waals surface area contributed by atoms with Gasteiger partial charge in [0.15, 0.2) is 11.5 Å². The number of carbonyl (C=O) groups is 1. The van der Waals surface area contributed by atoms with Crippen molar-refractivity contribution in [3.05, 3.63) is 94.4 Å². The maximum absolute atomic E-state index is 13.8. The van der Waals surface area contributed by atoms with E-state index in [1.54, 1.807) is 22.6 Å². The van der Waals surface area contributed by atoms with Crippen LogP contribution in [0.25, 0.3) is 38.1 Å². The molecule has 35 heavy (non-hydrogen) atoms. The molecule has 6 rings (SSSR count). The Bertz CT molecular complexity index is 1810. The van der Waals surface area contributed by atoms with Crippen molar-refractivity contribution in [3.63, 3.8) is 0 Å². The minimum absolute atomic E-state index is 0.225. The molecule has 1 amide bonds. The Morgan fingerprint density at radius 1 is 0.914 bits per heavy atom. The van der Waals surface area contributed by atoms with Crippen LogP contribution in [0.4, 0.5) is 0 Å². The summed E-state index contributed by atoms with van der Waals surface area (Å²) in [4.78, 5) is 31.8. The summed E-state index contributed by atoms with van der Waals surface area (Å²) in [6.45, 7) is 0.385. The van der Waals surface area contributed by atoms with E-state index >= 15 is 0 Å². The lowest BCUT2D eigenvalue weighted by molar-refractivity contribution is 0.0946. The quantitative estimate of drug-likeness (QED) is 0.380. The summed E-state index contributed by atoms with van der Waals surface area (Å²) in [6.07, 6.45) is 0. The van der Waals surface area contributed by atoms with Gasteiger partial charge in [-0.15, -0.1) is 0 Å². The third-order valence-corrected chi connectivity index (χ3v) is 6.40. The zero-order valence-corrected chi connectivity index (χ0v) is 19.2. The summed E-state index contributed by atoms with van der Waals surface area (Å²) < 4.78 is 12.7. The molecule has 0 fully saturated rings. The maximum atomic E-state index is 13.8. The molecule has 6 aromatic rings. The highest BCUT2D eigenvalue weighted by atomic mass is 16.5. The van der Waals surface area contributed by atoms with Crippen LogP contribution in [0.1, 0.15) is 16.1 Å². The Labute approximate surface area is 199 Å². The highest BCUT2D eigenvalue weighted by Crippen LogP contribution is 2.39. The number of para-hydroxylation sites is 1. The first-order chi connectivity index (χ1) is 17.1. The lowest BCUT2D eigenvalue weighted by Gasteiger charge is -2.13. The zero-order valence-electron chi connectivity index (χ0n) is 19.2. The summed E-state index contributed by atoms with van der Waals surface area (Å²) in [7, 11) is 3.04. The molecule has 0 spiro atoms. The van der Waals surface area contributed by atoms with Gasteiger partial charge in [0, 0.05) is 22.7 Å². The number of pyridine rings is 2. The lowest BCUT2D eigenvalue weighted by atomic mass is 10.1. The van der Waals surface area contributed by atoms with Crippen molar-refractivity contribution >= 4 is 44.0 Å². The van der Waals surface area contributed by atoms with E-state index in [0.29, 0.717) is 39.8 Å². The molecule has 0 radical (unpaired) electrons. The SMILES string of the molecule is COc1ccc2c(c1OC)c(=O)n1c3ccccc3c3cc(C(=O)NCc4ccccc4)nc2c31. The number of carbonyl (C=O) groups excluding carboxylic acids is 1. The highest BCUT2D eigenvalue weighted by Gasteiger charge is 2.24. The van der Waals surface area contributed by atoms with Gasteiger partial charge in [0.1, 0.15) is 5.69 Å². The molecule has 3 aromatic heterocycles. The van der Waals surface area contributed by atoms with Crippen LogP contribution in [0.2, 0.25) is 0 Å². The number of hydrogen-bond donors (Lipinski definition) is 1. The maximum Gasteiger partial charge on any atom is 0.270 e. The number of ether oxygens (including phenoxy) is 2. The molecule has 0 aliphatic carbocycles. The van der Waals surface area contributed by atoms with E-state index in [4.69, 9.17) is 14.5 Å². The largest absolute Gasteiger partial charge is 0.493 e. The molecule has 0 aliphatic rings. The monoisotopic (exact) mass is 463 g/mol. The molecule has 0 bridgehead atoms. The van der Waals surface area contributed by atoms with Crippen LogP contribution in [0.15, 0.2) is 77.6 Å². The Hall–Kier alpha value is -4.65. The zero-order chi connectivity index (χ0) is 24.1. The topological polar surface area (TPSA) is 81.9 Å². The fourth-order valence-electron chi connectivity index (χ4n) is 4.82. The highest BCUT2D eigenvalue weighted by molar-refractivity contribution is 6.21. The average Bonchev–Trinajstić information content (AvgIpc) is 3.25. The van der Waals surface area contributed by atoms with Crippen molar-refractivity contribution in [2.24, 2.45) is 0 Å². The summed E-state index contributed by atoms with van der Waals surface area (Å²) in [5, 5.41) is 5.58. The summed E-state index contributed by atoms with van der Waals surface area (Å²) in [6, 6.07) is 22.7. The average molecular weight is 463 g/mol. The number of rotatable bonds is 5. The summed E-state index contributed by atoms with van der Waals surface area (Å²) >= 11 is 0. The number of benzene rings is 3. The van der Waals surface area contributed by atoms with Crippen molar-refractivity contribution in [3.8, 4) is 11.5 Å². The Balaban J connectivity index is 1.67.